The molecular weight excluding hydrogens is 418 g/mol. The number of ether oxygens (including phenoxy) is 1. The highest BCUT2D eigenvalue weighted by molar-refractivity contribution is 6.31. The molecule has 0 radical (unpaired) electrons. The van der Waals surface area contributed by atoms with E-state index in [9.17, 15) is 9.59 Å². The van der Waals surface area contributed by atoms with Crippen LogP contribution in [0.2, 0.25) is 5.02 Å². The van der Waals surface area contributed by atoms with Crippen LogP contribution in [0, 0.1) is 13.8 Å². The van der Waals surface area contributed by atoms with Gasteiger partial charge in [0.1, 0.15) is 24.1 Å². The first kappa shape index (κ1) is 20.6. The monoisotopic (exact) mass is 437 g/mol. The zero-order chi connectivity index (χ0) is 22.1. The molecule has 2 aromatic heterocycles. The first-order chi connectivity index (χ1) is 14.9. The molecule has 1 amide bonds. The SMILES string of the molecule is COc1ccc(Cl)cc1NC(=O)Cn1ncn2nc(-c3cc(C)ccc3C)cc2c1=O. The summed E-state index contributed by atoms with van der Waals surface area (Å²) in [4.78, 5) is 25.4. The van der Waals surface area contributed by atoms with Crippen LogP contribution in [0.15, 0.2) is 53.6 Å². The number of nitrogens with one attached hydrogen (secondary N) is 1. The van der Waals surface area contributed by atoms with E-state index in [4.69, 9.17) is 16.3 Å². The van der Waals surface area contributed by atoms with Crippen molar-refractivity contribution in [2.24, 2.45) is 0 Å². The molecule has 4 rings (SSSR count). The lowest BCUT2D eigenvalue weighted by Gasteiger charge is -2.11. The van der Waals surface area contributed by atoms with E-state index < -0.39 is 11.5 Å². The number of rotatable bonds is 5. The molecule has 9 heteroatoms. The number of fused-ring (bicyclic) bond motifs is 1. The molecule has 0 aliphatic heterocycles. The Labute approximate surface area is 183 Å². The van der Waals surface area contributed by atoms with Crippen molar-refractivity contribution in [1.29, 1.82) is 0 Å². The van der Waals surface area contributed by atoms with E-state index in [-0.39, 0.29) is 6.54 Å². The molecule has 0 aliphatic rings. The highest BCUT2D eigenvalue weighted by Gasteiger charge is 2.15. The van der Waals surface area contributed by atoms with Crippen LogP contribution in [0.1, 0.15) is 11.1 Å². The molecule has 158 valence electrons. The number of methoxy groups -OCH3 is 1. The maximum absolute atomic E-state index is 12.9. The number of aryl methyl sites for hydroxylation is 2. The maximum Gasteiger partial charge on any atom is 0.293 e. The molecule has 4 aromatic rings. The van der Waals surface area contributed by atoms with E-state index in [1.54, 1.807) is 24.3 Å². The fourth-order valence-corrected chi connectivity index (χ4v) is 3.47. The summed E-state index contributed by atoms with van der Waals surface area (Å²) < 4.78 is 7.74. The van der Waals surface area contributed by atoms with Gasteiger partial charge in [0.15, 0.2) is 0 Å². The second-order valence-corrected chi connectivity index (χ2v) is 7.60. The maximum atomic E-state index is 12.9. The predicted molar refractivity (Wildman–Crippen MR) is 119 cm³/mol. The number of halogens is 1. The molecule has 31 heavy (non-hydrogen) atoms. The van der Waals surface area contributed by atoms with Gasteiger partial charge in [0.25, 0.3) is 5.56 Å². The van der Waals surface area contributed by atoms with Gasteiger partial charge >= 0.3 is 0 Å². The molecule has 1 N–H and O–H groups in total. The first-order valence-electron chi connectivity index (χ1n) is 9.52. The zero-order valence-corrected chi connectivity index (χ0v) is 18.0. The standard InChI is InChI=1S/C22H20ClN5O3/c1-13-4-5-14(2)16(8-13)17-10-19-22(30)27(24-12-28(19)26-17)11-21(29)25-18-9-15(23)6-7-20(18)31-3/h4-10,12H,11H2,1-3H3,(H,25,29). The lowest BCUT2D eigenvalue weighted by molar-refractivity contribution is -0.117. The van der Waals surface area contributed by atoms with Crippen molar-refractivity contribution in [3.8, 4) is 17.0 Å². The second-order valence-electron chi connectivity index (χ2n) is 7.16. The number of carbonyl (C=O) groups is 1. The highest BCUT2D eigenvalue weighted by Crippen LogP contribution is 2.27. The third kappa shape index (κ3) is 4.15. The van der Waals surface area contributed by atoms with E-state index in [2.05, 4.69) is 15.5 Å². The number of hydrogen-bond donors (Lipinski definition) is 1. The third-order valence-corrected chi connectivity index (χ3v) is 5.12. The van der Waals surface area contributed by atoms with Gasteiger partial charge in [-0.2, -0.15) is 10.2 Å². The highest BCUT2D eigenvalue weighted by atomic mass is 35.5. The average Bonchev–Trinajstić information content (AvgIpc) is 3.17. The summed E-state index contributed by atoms with van der Waals surface area (Å²) in [6.07, 6.45) is 1.42. The average molecular weight is 438 g/mol. The molecule has 2 heterocycles. The molecule has 0 aliphatic carbocycles. The number of benzene rings is 2. The Morgan fingerprint density at radius 1 is 1.16 bits per heavy atom. The minimum Gasteiger partial charge on any atom is -0.495 e. The van der Waals surface area contributed by atoms with E-state index in [1.165, 1.54) is 18.0 Å². The molecule has 0 saturated carbocycles. The van der Waals surface area contributed by atoms with Crippen molar-refractivity contribution in [2.45, 2.75) is 20.4 Å². The summed E-state index contributed by atoms with van der Waals surface area (Å²) in [6.45, 7) is 3.72. The number of hydrogen-bond acceptors (Lipinski definition) is 5. The van der Waals surface area contributed by atoms with Crippen molar-refractivity contribution in [3.63, 3.8) is 0 Å². The molecule has 0 bridgehead atoms. The van der Waals surface area contributed by atoms with Crippen LogP contribution in [0.3, 0.4) is 0 Å². The van der Waals surface area contributed by atoms with Crippen LogP contribution in [-0.2, 0) is 11.3 Å². The van der Waals surface area contributed by atoms with Gasteiger partial charge in [-0.05, 0) is 49.7 Å². The van der Waals surface area contributed by atoms with Crippen LogP contribution >= 0.6 is 11.6 Å². The number of carbonyl (C=O) groups excluding carboxylic acids is 1. The molecule has 0 atom stereocenters. The Morgan fingerprint density at radius 3 is 2.74 bits per heavy atom. The zero-order valence-electron chi connectivity index (χ0n) is 17.2. The number of amides is 1. The van der Waals surface area contributed by atoms with Gasteiger partial charge in [-0.1, -0.05) is 29.3 Å². The quantitative estimate of drug-likeness (QED) is 0.516. The van der Waals surface area contributed by atoms with E-state index in [0.717, 1.165) is 21.4 Å². The predicted octanol–water partition coefficient (Wildman–Crippen LogP) is 3.48. The summed E-state index contributed by atoms with van der Waals surface area (Å²) in [7, 11) is 1.49. The molecule has 2 aromatic carbocycles. The number of aromatic nitrogens is 4. The summed E-state index contributed by atoms with van der Waals surface area (Å²) in [5.74, 6) is 0.0243. The molecule has 0 spiro atoms. The fourth-order valence-electron chi connectivity index (χ4n) is 3.30. The third-order valence-electron chi connectivity index (χ3n) is 4.89. The largest absolute Gasteiger partial charge is 0.495 e. The van der Waals surface area contributed by atoms with Gasteiger partial charge in [-0.25, -0.2) is 9.20 Å². The minimum atomic E-state index is -0.436. The van der Waals surface area contributed by atoms with E-state index >= 15 is 0 Å². The molecule has 0 fully saturated rings. The van der Waals surface area contributed by atoms with Gasteiger partial charge in [-0.15, -0.1) is 0 Å². The Bertz CT molecular complexity index is 1360. The summed E-state index contributed by atoms with van der Waals surface area (Å²) in [5.41, 5.74) is 4.10. The summed E-state index contributed by atoms with van der Waals surface area (Å²) in [6, 6.07) is 12.6. The van der Waals surface area contributed by atoms with Crippen LogP contribution < -0.4 is 15.6 Å². The van der Waals surface area contributed by atoms with Crippen molar-refractivity contribution < 1.29 is 9.53 Å². The smallest absolute Gasteiger partial charge is 0.293 e. The summed E-state index contributed by atoms with van der Waals surface area (Å²) in [5, 5.41) is 11.7. The van der Waals surface area contributed by atoms with E-state index in [0.29, 0.717) is 27.7 Å². The number of anilines is 1. The number of nitrogens with zero attached hydrogens (tertiary/aromatic N) is 4. The van der Waals surface area contributed by atoms with Crippen molar-refractivity contribution in [2.75, 3.05) is 12.4 Å². The van der Waals surface area contributed by atoms with E-state index in [1.807, 2.05) is 32.0 Å². The van der Waals surface area contributed by atoms with Crippen LogP contribution in [0.4, 0.5) is 5.69 Å². The second kappa shape index (κ2) is 8.23. The van der Waals surface area contributed by atoms with Gasteiger partial charge in [0.2, 0.25) is 5.91 Å². The Kier molecular flexibility index (Phi) is 5.48. The lowest BCUT2D eigenvalue weighted by Crippen LogP contribution is -2.30. The van der Waals surface area contributed by atoms with Crippen LogP contribution in [0.25, 0.3) is 16.8 Å². The Balaban J connectivity index is 1.63. The van der Waals surface area contributed by atoms with Gasteiger partial charge in [-0.3, -0.25) is 9.59 Å². The molecular formula is C22H20ClN5O3. The fraction of sp³-hybridized carbons (Fsp3) is 0.182. The van der Waals surface area contributed by atoms with Crippen LogP contribution in [0.5, 0.6) is 5.75 Å². The first-order valence-corrected chi connectivity index (χ1v) is 9.90. The van der Waals surface area contributed by atoms with Gasteiger partial charge in [0, 0.05) is 10.6 Å². The minimum absolute atomic E-state index is 0.269. The van der Waals surface area contributed by atoms with Crippen molar-refractivity contribution in [3.05, 3.63) is 75.3 Å². The normalized spacial score (nSPS) is 11.0. The molecule has 0 saturated heterocycles. The summed E-state index contributed by atoms with van der Waals surface area (Å²) >= 11 is 6.00. The van der Waals surface area contributed by atoms with Crippen molar-refractivity contribution in [1.82, 2.24) is 19.4 Å². The molecule has 8 nitrogen and oxygen atoms in total. The van der Waals surface area contributed by atoms with Gasteiger partial charge in [0.05, 0.1) is 18.5 Å². The van der Waals surface area contributed by atoms with Gasteiger partial charge < -0.3 is 10.1 Å². The Morgan fingerprint density at radius 2 is 1.97 bits per heavy atom. The van der Waals surface area contributed by atoms with Crippen molar-refractivity contribution >= 4 is 28.7 Å². The molecule has 0 unspecified atom stereocenters. The Hall–Kier alpha value is -3.65. The topological polar surface area (TPSA) is 90.5 Å². The lowest BCUT2D eigenvalue weighted by atomic mass is 10.0. The van der Waals surface area contributed by atoms with Crippen LogP contribution in [-0.4, -0.2) is 32.4 Å².